The molecule has 0 radical (unpaired) electrons. The molecule has 0 aliphatic heterocycles. The van der Waals surface area contributed by atoms with E-state index < -0.39 is 0 Å². The lowest BCUT2D eigenvalue weighted by atomic mass is 10.2. The van der Waals surface area contributed by atoms with Crippen LogP contribution >= 0.6 is 11.8 Å². The molecule has 0 fully saturated rings. The summed E-state index contributed by atoms with van der Waals surface area (Å²) in [5, 5.41) is 3.03. The summed E-state index contributed by atoms with van der Waals surface area (Å²) in [6.07, 6.45) is 2.00. The van der Waals surface area contributed by atoms with Gasteiger partial charge in [0.25, 0.3) is 0 Å². The molecule has 0 amide bonds. The molecule has 0 unspecified atom stereocenters. The number of benzene rings is 1. The minimum absolute atomic E-state index is 0.168. The molecule has 1 N–H and O–H groups in total. The van der Waals surface area contributed by atoms with Crippen molar-refractivity contribution in [2.75, 3.05) is 18.6 Å². The Hall–Kier alpha value is -0.700. The Morgan fingerprint density at radius 2 is 2.25 bits per heavy atom. The third kappa shape index (κ3) is 2.14. The molecule has 0 atom stereocenters. The monoisotopic (exact) mass is 185 g/mol. The maximum absolute atomic E-state index is 12.8. The second-order valence-corrected chi connectivity index (χ2v) is 3.35. The van der Waals surface area contributed by atoms with Crippen molar-refractivity contribution in [1.29, 1.82) is 0 Å². The lowest BCUT2D eigenvalue weighted by Crippen LogP contribution is -1.94. The zero-order valence-corrected chi connectivity index (χ0v) is 8.04. The number of anilines is 1. The zero-order valence-electron chi connectivity index (χ0n) is 7.23. The molecule has 66 valence electrons. The molecule has 0 spiro atoms. The summed E-state index contributed by atoms with van der Waals surface area (Å²) in [5.41, 5.74) is 2.02. The van der Waals surface area contributed by atoms with Gasteiger partial charge < -0.3 is 5.32 Å². The van der Waals surface area contributed by atoms with Gasteiger partial charge in [-0.2, -0.15) is 11.8 Å². The molecule has 0 saturated carbocycles. The topological polar surface area (TPSA) is 12.0 Å². The van der Waals surface area contributed by atoms with Crippen molar-refractivity contribution < 1.29 is 4.39 Å². The van der Waals surface area contributed by atoms with Crippen LogP contribution in [0.5, 0.6) is 0 Å². The van der Waals surface area contributed by atoms with Crippen LogP contribution in [0.25, 0.3) is 0 Å². The van der Waals surface area contributed by atoms with Crippen molar-refractivity contribution in [1.82, 2.24) is 0 Å². The zero-order chi connectivity index (χ0) is 8.97. The van der Waals surface area contributed by atoms with Gasteiger partial charge in [0, 0.05) is 18.5 Å². The van der Waals surface area contributed by atoms with Crippen molar-refractivity contribution >= 4 is 17.4 Å². The Bertz CT molecular complexity index is 263. The highest BCUT2D eigenvalue weighted by atomic mass is 32.2. The van der Waals surface area contributed by atoms with E-state index in [1.165, 1.54) is 6.07 Å². The summed E-state index contributed by atoms with van der Waals surface area (Å²) in [7, 11) is 1.84. The minimum Gasteiger partial charge on any atom is -0.388 e. The van der Waals surface area contributed by atoms with E-state index >= 15 is 0 Å². The number of rotatable bonds is 3. The Balaban J connectivity index is 2.95. The largest absolute Gasteiger partial charge is 0.388 e. The SMILES string of the molecule is CNc1ccc(F)cc1CSC. The molecule has 1 nitrogen and oxygen atoms in total. The average Bonchev–Trinajstić information content (AvgIpc) is 2.05. The lowest BCUT2D eigenvalue weighted by molar-refractivity contribution is 0.626. The van der Waals surface area contributed by atoms with Crippen LogP contribution in [0.1, 0.15) is 5.56 Å². The molecule has 3 heteroatoms. The fourth-order valence-electron chi connectivity index (χ4n) is 1.08. The molecule has 12 heavy (non-hydrogen) atoms. The van der Waals surface area contributed by atoms with Gasteiger partial charge in [0.1, 0.15) is 5.82 Å². The summed E-state index contributed by atoms with van der Waals surface area (Å²) in [5.74, 6) is 0.673. The first-order valence-electron chi connectivity index (χ1n) is 3.73. The minimum atomic E-state index is -0.168. The third-order valence-electron chi connectivity index (χ3n) is 1.64. The highest BCUT2D eigenvalue weighted by Crippen LogP contribution is 2.20. The molecule has 0 aromatic heterocycles. The molecule has 0 heterocycles. The van der Waals surface area contributed by atoms with E-state index in [1.807, 2.05) is 13.3 Å². The fraction of sp³-hybridized carbons (Fsp3) is 0.333. The number of thioether (sulfide) groups is 1. The van der Waals surface area contributed by atoms with Gasteiger partial charge in [0.15, 0.2) is 0 Å². The fourth-order valence-corrected chi connectivity index (χ4v) is 1.63. The van der Waals surface area contributed by atoms with Crippen LogP contribution in [0.15, 0.2) is 18.2 Å². The smallest absolute Gasteiger partial charge is 0.123 e. The van der Waals surface area contributed by atoms with Crippen LogP contribution in [0.2, 0.25) is 0 Å². The van der Waals surface area contributed by atoms with Crippen molar-refractivity contribution in [2.45, 2.75) is 5.75 Å². The van der Waals surface area contributed by atoms with Crippen LogP contribution in [-0.2, 0) is 5.75 Å². The van der Waals surface area contributed by atoms with Crippen LogP contribution in [0.3, 0.4) is 0 Å². The Kier molecular flexibility index (Phi) is 3.41. The average molecular weight is 185 g/mol. The van der Waals surface area contributed by atoms with E-state index in [2.05, 4.69) is 5.32 Å². The first-order chi connectivity index (χ1) is 5.77. The lowest BCUT2D eigenvalue weighted by Gasteiger charge is -2.07. The van der Waals surface area contributed by atoms with Crippen LogP contribution in [0, 0.1) is 5.82 Å². The number of hydrogen-bond acceptors (Lipinski definition) is 2. The Labute approximate surface area is 76.4 Å². The Morgan fingerprint density at radius 3 is 2.83 bits per heavy atom. The van der Waals surface area contributed by atoms with Gasteiger partial charge in [0.2, 0.25) is 0 Å². The second kappa shape index (κ2) is 4.36. The highest BCUT2D eigenvalue weighted by Gasteiger charge is 2.00. The summed E-state index contributed by atoms with van der Waals surface area (Å²) in [6, 6.07) is 4.80. The summed E-state index contributed by atoms with van der Waals surface area (Å²) >= 11 is 1.69. The third-order valence-corrected chi connectivity index (χ3v) is 2.24. The van der Waals surface area contributed by atoms with Crippen molar-refractivity contribution in [2.24, 2.45) is 0 Å². The van der Waals surface area contributed by atoms with Gasteiger partial charge in [-0.25, -0.2) is 4.39 Å². The van der Waals surface area contributed by atoms with Gasteiger partial charge in [-0.15, -0.1) is 0 Å². The van der Waals surface area contributed by atoms with E-state index in [4.69, 9.17) is 0 Å². The normalized spacial score (nSPS) is 9.92. The van der Waals surface area contributed by atoms with Crippen molar-refractivity contribution in [3.05, 3.63) is 29.6 Å². The molecule has 1 rings (SSSR count). The molecule has 0 bridgehead atoms. The quantitative estimate of drug-likeness (QED) is 0.777. The van der Waals surface area contributed by atoms with Crippen LogP contribution in [0.4, 0.5) is 10.1 Å². The molecule has 0 aliphatic rings. The first-order valence-corrected chi connectivity index (χ1v) is 5.12. The molecular weight excluding hydrogens is 173 g/mol. The first kappa shape index (κ1) is 9.39. The standard InChI is InChI=1S/C9H12FNS/c1-11-9-4-3-8(10)5-7(9)6-12-2/h3-5,11H,6H2,1-2H3. The van der Waals surface area contributed by atoms with Crippen molar-refractivity contribution in [3.63, 3.8) is 0 Å². The predicted molar refractivity (Wildman–Crippen MR) is 53.2 cm³/mol. The summed E-state index contributed by atoms with van der Waals surface area (Å²) in [6.45, 7) is 0. The van der Waals surface area contributed by atoms with Crippen LogP contribution < -0.4 is 5.32 Å². The van der Waals surface area contributed by atoms with Crippen molar-refractivity contribution in [3.8, 4) is 0 Å². The van der Waals surface area contributed by atoms with E-state index in [-0.39, 0.29) is 5.82 Å². The van der Waals surface area contributed by atoms with Gasteiger partial charge in [-0.05, 0) is 30.0 Å². The van der Waals surface area contributed by atoms with E-state index in [9.17, 15) is 4.39 Å². The van der Waals surface area contributed by atoms with E-state index in [0.29, 0.717) is 0 Å². The molecule has 1 aromatic carbocycles. The Morgan fingerprint density at radius 1 is 1.50 bits per heavy atom. The molecule has 0 aliphatic carbocycles. The van der Waals surface area contributed by atoms with E-state index in [1.54, 1.807) is 23.9 Å². The van der Waals surface area contributed by atoms with Gasteiger partial charge in [-0.3, -0.25) is 0 Å². The molecule has 1 aromatic rings. The van der Waals surface area contributed by atoms with Gasteiger partial charge >= 0.3 is 0 Å². The maximum Gasteiger partial charge on any atom is 0.123 e. The van der Waals surface area contributed by atoms with Gasteiger partial charge in [-0.1, -0.05) is 0 Å². The van der Waals surface area contributed by atoms with Gasteiger partial charge in [0.05, 0.1) is 0 Å². The summed E-state index contributed by atoms with van der Waals surface area (Å²) in [4.78, 5) is 0. The maximum atomic E-state index is 12.8. The second-order valence-electron chi connectivity index (χ2n) is 2.48. The highest BCUT2D eigenvalue weighted by molar-refractivity contribution is 7.97. The molecule has 0 saturated heterocycles. The number of halogens is 1. The number of nitrogens with one attached hydrogen (secondary N) is 1. The summed E-state index contributed by atoms with van der Waals surface area (Å²) < 4.78 is 12.8. The van der Waals surface area contributed by atoms with E-state index in [0.717, 1.165) is 17.0 Å². The molecular formula is C9H12FNS. The predicted octanol–water partition coefficient (Wildman–Crippen LogP) is 2.73. The number of hydrogen-bond donors (Lipinski definition) is 1. The van der Waals surface area contributed by atoms with Crippen LogP contribution in [-0.4, -0.2) is 13.3 Å².